The first-order valence-corrected chi connectivity index (χ1v) is 15.6. The molecule has 2 atom stereocenters. The third-order valence-corrected chi connectivity index (χ3v) is 9.29. The summed E-state index contributed by atoms with van der Waals surface area (Å²) < 4.78 is 43.7. The van der Waals surface area contributed by atoms with Gasteiger partial charge in [0.1, 0.15) is 22.5 Å². The van der Waals surface area contributed by atoms with Gasteiger partial charge in [0.05, 0.1) is 11.9 Å². The lowest BCUT2D eigenvalue weighted by Crippen LogP contribution is -2.51. The molecule has 48 heavy (non-hydrogen) atoms. The van der Waals surface area contributed by atoms with Crippen molar-refractivity contribution in [2.75, 3.05) is 18.0 Å². The number of amides is 3. The number of aromatic nitrogens is 6. The molecule has 2 fully saturated rings. The Morgan fingerprint density at radius 2 is 1.83 bits per heavy atom. The van der Waals surface area contributed by atoms with E-state index in [-0.39, 0.29) is 39.9 Å². The van der Waals surface area contributed by atoms with Gasteiger partial charge in [-0.25, -0.2) is 9.88 Å². The highest BCUT2D eigenvalue weighted by Crippen LogP contribution is 2.45. The maximum Gasteiger partial charge on any atom is 0.573 e. The van der Waals surface area contributed by atoms with E-state index in [0.29, 0.717) is 49.4 Å². The van der Waals surface area contributed by atoms with Crippen LogP contribution in [0.1, 0.15) is 54.0 Å². The zero-order valence-corrected chi connectivity index (χ0v) is 26.6. The van der Waals surface area contributed by atoms with Crippen molar-refractivity contribution in [1.29, 1.82) is 0 Å². The van der Waals surface area contributed by atoms with Crippen LogP contribution in [0, 0.1) is 0 Å². The van der Waals surface area contributed by atoms with Crippen molar-refractivity contribution in [3.05, 3.63) is 75.8 Å². The summed E-state index contributed by atoms with van der Waals surface area (Å²) in [4.78, 5) is 49.4. The van der Waals surface area contributed by atoms with Gasteiger partial charge < -0.3 is 15.0 Å². The molecule has 2 aromatic heterocycles. The highest BCUT2D eigenvalue weighted by Gasteiger charge is 2.56. The van der Waals surface area contributed by atoms with E-state index in [1.165, 1.54) is 46.0 Å². The average molecular weight is 704 g/mol. The van der Waals surface area contributed by atoms with Crippen LogP contribution in [0.2, 0.25) is 10.0 Å². The number of ether oxygens (including phenoxy) is 1. The topological polar surface area (TPSA) is 151 Å². The minimum absolute atomic E-state index is 0.0127. The zero-order chi connectivity index (χ0) is 34.0. The normalized spacial score (nSPS) is 21.4. The van der Waals surface area contributed by atoms with Crippen LogP contribution in [0.25, 0.3) is 0 Å². The number of carbonyl (C=O) groups excluding carboxylic acids is 3. The summed E-state index contributed by atoms with van der Waals surface area (Å²) in [7, 11) is 0. The minimum Gasteiger partial charge on any atom is -0.406 e. The molecular weight excluding hydrogens is 678 g/mol. The predicted octanol–water partition coefficient (Wildman–Crippen LogP) is 4.52. The van der Waals surface area contributed by atoms with E-state index in [1.807, 2.05) is 0 Å². The number of aromatic amines is 1. The molecule has 0 bridgehead atoms. The van der Waals surface area contributed by atoms with Crippen LogP contribution < -0.4 is 15.0 Å². The van der Waals surface area contributed by atoms with Crippen LogP contribution in [0.5, 0.6) is 5.75 Å². The van der Waals surface area contributed by atoms with Gasteiger partial charge in [-0.2, -0.15) is 5.21 Å². The summed E-state index contributed by atoms with van der Waals surface area (Å²) >= 11 is 12.5. The van der Waals surface area contributed by atoms with Crippen molar-refractivity contribution in [2.45, 2.75) is 56.0 Å². The van der Waals surface area contributed by atoms with Crippen LogP contribution in [0.4, 0.5) is 24.8 Å². The molecule has 7 rings (SSSR count). The molecule has 1 saturated heterocycles. The largest absolute Gasteiger partial charge is 0.573 e. The Kier molecular flexibility index (Phi) is 7.62. The molecule has 0 spiro atoms. The third kappa shape index (κ3) is 5.72. The van der Waals surface area contributed by atoms with Gasteiger partial charge in [-0.3, -0.25) is 19.0 Å². The molecule has 2 N–H and O–H groups in total. The number of likely N-dealkylation sites (tertiary alicyclic amines) is 1. The number of benzene rings is 2. The van der Waals surface area contributed by atoms with Crippen LogP contribution in [0.3, 0.4) is 0 Å². The Hall–Kier alpha value is -4.70. The van der Waals surface area contributed by atoms with Crippen molar-refractivity contribution in [3.8, 4) is 5.75 Å². The van der Waals surface area contributed by atoms with Crippen LogP contribution in [-0.4, -0.2) is 77.8 Å². The SMILES string of the molecule is C[C@@]1(Cc2ccc(OC(F)(F)F)cc2)C(=O)N(c2cc(Cl)cc(Cl)c2)c2ncc(C(=O)NC3(C(=O)N4CC[C@H](c5nn[nH]n5)C4)CC3)n21. The lowest BCUT2D eigenvalue weighted by Gasteiger charge is -2.28. The minimum atomic E-state index is -4.87. The monoisotopic (exact) mass is 703 g/mol. The number of rotatable bonds is 8. The zero-order valence-electron chi connectivity index (χ0n) is 25.1. The number of anilines is 2. The maximum atomic E-state index is 14.3. The number of imidazole rings is 1. The molecule has 2 aliphatic heterocycles. The molecule has 18 heteroatoms. The smallest absolute Gasteiger partial charge is 0.406 e. The molecule has 0 unspecified atom stereocenters. The van der Waals surface area contributed by atoms with E-state index < -0.39 is 35.0 Å². The second-order valence-corrected chi connectivity index (χ2v) is 13.1. The van der Waals surface area contributed by atoms with Crippen molar-refractivity contribution in [1.82, 2.24) is 40.4 Å². The number of fused-ring (bicyclic) bond motifs is 1. The highest BCUT2D eigenvalue weighted by molar-refractivity contribution is 6.35. The average Bonchev–Trinajstić information content (AvgIpc) is 3.47. The molecular formula is C30H26Cl2F3N9O4. The number of halogens is 5. The molecule has 1 saturated carbocycles. The highest BCUT2D eigenvalue weighted by atomic mass is 35.5. The van der Waals surface area contributed by atoms with Crippen LogP contribution >= 0.6 is 23.2 Å². The van der Waals surface area contributed by atoms with Crippen LogP contribution in [-0.2, 0) is 21.5 Å². The van der Waals surface area contributed by atoms with E-state index in [4.69, 9.17) is 23.2 Å². The standard InChI is InChI=1S/C30H26Cl2F3N9O4/c1-28(13-16-2-4-21(5-3-16)48-30(33,34)35)25(46)43(20-11-18(31)10-19(32)12-20)27-36-14-22(44(27)28)24(45)37-29(7-8-29)26(47)42-9-6-17(15-42)23-38-40-41-39-23/h2-5,10-12,14,17H,6-9,13,15H2,1H3,(H,37,45)(H,38,39,40,41)/t17-,28+/m0/s1. The fraction of sp³-hybridized carbons (Fsp3) is 0.367. The molecule has 4 heterocycles. The van der Waals surface area contributed by atoms with Gasteiger partial charge in [-0.05, 0) is 62.1 Å². The lowest BCUT2D eigenvalue weighted by atomic mass is 9.91. The van der Waals surface area contributed by atoms with Crippen LogP contribution in [0.15, 0.2) is 48.7 Å². The van der Waals surface area contributed by atoms with Gasteiger partial charge in [-0.15, -0.1) is 23.4 Å². The van der Waals surface area contributed by atoms with E-state index in [1.54, 1.807) is 11.8 Å². The number of tetrazole rings is 1. The molecule has 0 radical (unpaired) electrons. The molecule has 13 nitrogen and oxygen atoms in total. The Bertz CT molecular complexity index is 1890. The number of hydrogen-bond acceptors (Lipinski definition) is 8. The van der Waals surface area contributed by atoms with Crippen molar-refractivity contribution < 1.29 is 32.3 Å². The Balaban J connectivity index is 1.19. The molecule has 3 amide bonds. The fourth-order valence-corrected chi connectivity index (χ4v) is 6.95. The first-order chi connectivity index (χ1) is 22.8. The van der Waals surface area contributed by atoms with Gasteiger partial charge in [0.15, 0.2) is 5.82 Å². The van der Waals surface area contributed by atoms with Crippen molar-refractivity contribution in [2.24, 2.45) is 0 Å². The van der Waals surface area contributed by atoms with E-state index in [0.717, 1.165) is 12.1 Å². The fourth-order valence-electron chi connectivity index (χ4n) is 6.44. The molecule has 4 aromatic rings. The predicted molar refractivity (Wildman–Crippen MR) is 164 cm³/mol. The Morgan fingerprint density at radius 1 is 1.12 bits per heavy atom. The number of nitrogens with one attached hydrogen (secondary N) is 2. The second-order valence-electron chi connectivity index (χ2n) is 12.2. The maximum absolute atomic E-state index is 14.3. The van der Waals surface area contributed by atoms with E-state index in [2.05, 4.69) is 35.7 Å². The summed E-state index contributed by atoms with van der Waals surface area (Å²) in [6, 6.07) is 9.65. The number of alkyl halides is 3. The molecule has 250 valence electrons. The quantitative estimate of drug-likeness (QED) is 0.272. The number of carbonyl (C=O) groups is 3. The molecule has 1 aliphatic carbocycles. The van der Waals surface area contributed by atoms with E-state index in [9.17, 15) is 27.6 Å². The molecule has 3 aliphatic rings. The summed E-state index contributed by atoms with van der Waals surface area (Å²) in [5.74, 6) is -1.22. The van der Waals surface area contributed by atoms with Gasteiger partial charge in [-0.1, -0.05) is 40.5 Å². The first kappa shape index (κ1) is 31.9. The first-order valence-electron chi connectivity index (χ1n) is 14.9. The van der Waals surface area contributed by atoms with Crippen molar-refractivity contribution >= 4 is 52.6 Å². The third-order valence-electron chi connectivity index (χ3n) is 8.86. The van der Waals surface area contributed by atoms with Gasteiger partial charge in [0.25, 0.3) is 11.8 Å². The second kappa shape index (κ2) is 11.5. The van der Waals surface area contributed by atoms with Gasteiger partial charge >= 0.3 is 6.36 Å². The lowest BCUT2D eigenvalue weighted by molar-refractivity contribution is -0.274. The van der Waals surface area contributed by atoms with Gasteiger partial charge in [0, 0.05) is 35.5 Å². The van der Waals surface area contributed by atoms with Crippen molar-refractivity contribution in [3.63, 3.8) is 0 Å². The van der Waals surface area contributed by atoms with Gasteiger partial charge in [0.2, 0.25) is 11.9 Å². The summed E-state index contributed by atoms with van der Waals surface area (Å²) in [5, 5.41) is 17.5. The Morgan fingerprint density at radius 3 is 2.46 bits per heavy atom. The number of H-pyrrole nitrogens is 1. The Labute approximate surface area is 280 Å². The number of hydrogen-bond donors (Lipinski definition) is 2. The van der Waals surface area contributed by atoms with E-state index >= 15 is 0 Å². The number of nitrogens with zero attached hydrogens (tertiary/aromatic N) is 7. The summed E-state index contributed by atoms with van der Waals surface area (Å²) in [5.41, 5.74) is -1.82. The summed E-state index contributed by atoms with van der Waals surface area (Å²) in [6.07, 6.45) is -2.08. The molecule has 2 aromatic carbocycles. The summed E-state index contributed by atoms with van der Waals surface area (Å²) in [6.45, 7) is 2.45.